The van der Waals surface area contributed by atoms with Crippen molar-refractivity contribution in [1.82, 2.24) is 4.57 Å². The number of hydrogen-bond acceptors (Lipinski definition) is 2. The van der Waals surface area contributed by atoms with Gasteiger partial charge in [0.1, 0.15) is 6.10 Å². The molecular formula is C18H16F3NO2. The minimum absolute atomic E-state index is 0.427. The van der Waals surface area contributed by atoms with Gasteiger partial charge in [-0.1, -0.05) is 30.3 Å². The van der Waals surface area contributed by atoms with Crippen LogP contribution in [0.25, 0.3) is 10.9 Å². The lowest BCUT2D eigenvalue weighted by Gasteiger charge is -2.25. The van der Waals surface area contributed by atoms with Gasteiger partial charge >= 0.3 is 6.18 Å². The zero-order valence-corrected chi connectivity index (χ0v) is 12.6. The minimum Gasteiger partial charge on any atom is -0.394 e. The summed E-state index contributed by atoms with van der Waals surface area (Å²) < 4.78 is 40.2. The Labute approximate surface area is 136 Å². The summed E-state index contributed by atoms with van der Waals surface area (Å²) in [5.41, 5.74) is 0.604. The molecule has 0 aliphatic carbocycles. The zero-order chi connectivity index (χ0) is 17.3. The Kier molecular flexibility index (Phi) is 4.34. The zero-order valence-electron chi connectivity index (χ0n) is 12.6. The fourth-order valence-corrected chi connectivity index (χ4v) is 2.90. The van der Waals surface area contributed by atoms with Crippen molar-refractivity contribution in [2.45, 2.75) is 18.3 Å². The molecular weight excluding hydrogens is 319 g/mol. The summed E-state index contributed by atoms with van der Waals surface area (Å²) in [6.45, 7) is -0.458. The number of aromatic nitrogens is 1. The predicted molar refractivity (Wildman–Crippen MR) is 84.6 cm³/mol. The van der Waals surface area contributed by atoms with Gasteiger partial charge in [-0.05, 0) is 29.8 Å². The first-order valence-electron chi connectivity index (χ1n) is 7.43. The maximum Gasteiger partial charge on any atom is 0.416 e. The molecule has 0 aliphatic rings. The Balaban J connectivity index is 2.12. The smallest absolute Gasteiger partial charge is 0.394 e. The Bertz CT molecular complexity index is 827. The van der Waals surface area contributed by atoms with Crippen LogP contribution < -0.4 is 0 Å². The third-order valence-corrected chi connectivity index (χ3v) is 4.04. The van der Waals surface area contributed by atoms with Crippen molar-refractivity contribution in [3.63, 3.8) is 0 Å². The van der Waals surface area contributed by atoms with Crippen LogP contribution in [0, 0.1) is 0 Å². The van der Waals surface area contributed by atoms with E-state index in [-0.39, 0.29) is 0 Å². The van der Waals surface area contributed by atoms with E-state index < -0.39 is 30.5 Å². The van der Waals surface area contributed by atoms with Crippen molar-refractivity contribution in [2.24, 2.45) is 0 Å². The average molecular weight is 335 g/mol. The van der Waals surface area contributed by atoms with Crippen LogP contribution >= 0.6 is 0 Å². The molecule has 0 bridgehead atoms. The normalized spacial score (nSPS) is 14.7. The molecule has 3 aromatic rings. The minimum atomic E-state index is -4.40. The summed E-state index contributed by atoms with van der Waals surface area (Å²) in [5, 5.41) is 20.0. The van der Waals surface area contributed by atoms with Crippen LogP contribution in [0.15, 0.2) is 60.8 Å². The molecule has 6 heteroatoms. The lowest BCUT2D eigenvalue weighted by Crippen LogP contribution is -2.28. The molecule has 0 radical (unpaired) electrons. The van der Waals surface area contributed by atoms with Gasteiger partial charge in [0.05, 0.1) is 18.2 Å². The highest BCUT2D eigenvalue weighted by Crippen LogP contribution is 2.33. The lowest BCUT2D eigenvalue weighted by atomic mass is 10.0. The van der Waals surface area contributed by atoms with Crippen LogP contribution in [0.5, 0.6) is 0 Å². The van der Waals surface area contributed by atoms with Gasteiger partial charge in [-0.15, -0.1) is 0 Å². The second kappa shape index (κ2) is 6.30. The molecule has 1 heterocycles. The Morgan fingerprint density at radius 2 is 1.71 bits per heavy atom. The van der Waals surface area contributed by atoms with Gasteiger partial charge in [0.25, 0.3) is 0 Å². The molecule has 126 valence electrons. The summed E-state index contributed by atoms with van der Waals surface area (Å²) in [7, 11) is 0. The van der Waals surface area contributed by atoms with E-state index in [1.165, 1.54) is 6.07 Å². The fourth-order valence-electron chi connectivity index (χ4n) is 2.90. The molecule has 3 rings (SSSR count). The van der Waals surface area contributed by atoms with Crippen LogP contribution in [-0.2, 0) is 6.18 Å². The highest BCUT2D eigenvalue weighted by atomic mass is 19.4. The maximum atomic E-state index is 12.8. The third-order valence-electron chi connectivity index (χ3n) is 4.04. The number of aliphatic hydroxyl groups excluding tert-OH is 2. The summed E-state index contributed by atoms with van der Waals surface area (Å²) in [5.74, 6) is 0. The monoisotopic (exact) mass is 335 g/mol. The van der Waals surface area contributed by atoms with Gasteiger partial charge in [-0.3, -0.25) is 0 Å². The van der Waals surface area contributed by atoms with Gasteiger partial charge < -0.3 is 14.8 Å². The van der Waals surface area contributed by atoms with Gasteiger partial charge in [0.2, 0.25) is 0 Å². The number of halogens is 3. The van der Waals surface area contributed by atoms with Gasteiger partial charge in [-0.25, -0.2) is 0 Å². The highest BCUT2D eigenvalue weighted by molar-refractivity contribution is 5.81. The van der Waals surface area contributed by atoms with Crippen molar-refractivity contribution in [2.75, 3.05) is 6.61 Å². The fraction of sp³-hybridized carbons (Fsp3) is 0.222. The van der Waals surface area contributed by atoms with Crippen LogP contribution in [-0.4, -0.2) is 27.5 Å². The SMILES string of the molecule is OC[C@@H](O)[C@H](c1ccccc1)n1ccc2cc(C(F)(F)F)ccc21. The largest absolute Gasteiger partial charge is 0.416 e. The molecule has 2 N–H and O–H groups in total. The Morgan fingerprint density at radius 1 is 1.00 bits per heavy atom. The number of alkyl halides is 3. The van der Waals surface area contributed by atoms with Crippen molar-refractivity contribution in [3.8, 4) is 0 Å². The van der Waals surface area contributed by atoms with E-state index in [0.29, 0.717) is 10.9 Å². The molecule has 0 saturated heterocycles. The maximum absolute atomic E-state index is 12.8. The summed E-state index contributed by atoms with van der Waals surface area (Å²) in [6.07, 6.45) is -3.86. The number of aliphatic hydroxyl groups is 2. The number of nitrogens with zero attached hydrogens (tertiary/aromatic N) is 1. The second-order valence-electron chi connectivity index (χ2n) is 5.60. The van der Waals surface area contributed by atoms with Crippen LogP contribution in [0.1, 0.15) is 17.2 Å². The molecule has 0 fully saturated rings. The van der Waals surface area contributed by atoms with E-state index in [1.54, 1.807) is 41.1 Å². The molecule has 0 spiro atoms. The lowest BCUT2D eigenvalue weighted by molar-refractivity contribution is -0.137. The Hall–Kier alpha value is -2.31. The molecule has 24 heavy (non-hydrogen) atoms. The average Bonchev–Trinajstić information content (AvgIpc) is 2.98. The molecule has 0 aliphatic heterocycles. The van der Waals surface area contributed by atoms with Crippen LogP contribution in [0.3, 0.4) is 0 Å². The molecule has 3 nitrogen and oxygen atoms in total. The second-order valence-corrected chi connectivity index (χ2v) is 5.60. The summed E-state index contributed by atoms with van der Waals surface area (Å²) in [6, 6.07) is 13.5. The number of hydrogen-bond donors (Lipinski definition) is 2. The molecule has 1 aromatic heterocycles. The molecule has 0 saturated carbocycles. The first kappa shape index (κ1) is 16.5. The topological polar surface area (TPSA) is 45.4 Å². The molecule has 2 atom stereocenters. The summed E-state index contributed by atoms with van der Waals surface area (Å²) >= 11 is 0. The number of fused-ring (bicyclic) bond motifs is 1. The third kappa shape index (κ3) is 3.02. The quantitative estimate of drug-likeness (QED) is 0.765. The van der Waals surface area contributed by atoms with Crippen molar-refractivity contribution < 1.29 is 23.4 Å². The van der Waals surface area contributed by atoms with E-state index in [4.69, 9.17) is 0 Å². The van der Waals surface area contributed by atoms with Crippen molar-refractivity contribution in [1.29, 1.82) is 0 Å². The molecule has 0 amide bonds. The highest BCUT2D eigenvalue weighted by Gasteiger charge is 2.31. The first-order chi connectivity index (χ1) is 11.4. The van der Waals surface area contributed by atoms with Gasteiger partial charge in [0, 0.05) is 17.1 Å². The van der Waals surface area contributed by atoms with Gasteiger partial charge in [0.15, 0.2) is 0 Å². The van der Waals surface area contributed by atoms with E-state index in [0.717, 1.165) is 17.7 Å². The summed E-state index contributed by atoms with van der Waals surface area (Å²) in [4.78, 5) is 0. The Morgan fingerprint density at radius 3 is 2.33 bits per heavy atom. The standard InChI is InChI=1S/C18H16F3NO2/c19-18(20,21)14-6-7-15-13(10-14)8-9-22(15)17(16(24)11-23)12-4-2-1-3-5-12/h1-10,16-17,23-24H,11H2/t16-,17+/m1/s1. The van der Waals surface area contributed by atoms with E-state index in [2.05, 4.69) is 0 Å². The molecule has 2 aromatic carbocycles. The molecule has 0 unspecified atom stereocenters. The van der Waals surface area contributed by atoms with E-state index in [1.807, 2.05) is 6.07 Å². The first-order valence-corrected chi connectivity index (χ1v) is 7.43. The number of rotatable bonds is 4. The van der Waals surface area contributed by atoms with Crippen LogP contribution in [0.2, 0.25) is 0 Å². The van der Waals surface area contributed by atoms with Crippen LogP contribution in [0.4, 0.5) is 13.2 Å². The van der Waals surface area contributed by atoms with Crippen molar-refractivity contribution >= 4 is 10.9 Å². The predicted octanol–water partition coefficient (Wildman–Crippen LogP) is 3.60. The van der Waals surface area contributed by atoms with Crippen molar-refractivity contribution in [3.05, 3.63) is 71.9 Å². The number of benzene rings is 2. The van der Waals surface area contributed by atoms with Gasteiger partial charge in [-0.2, -0.15) is 13.2 Å². The van der Waals surface area contributed by atoms with E-state index >= 15 is 0 Å². The van der Waals surface area contributed by atoms with E-state index in [9.17, 15) is 23.4 Å².